The second-order valence-electron chi connectivity index (χ2n) is 24.0. The topological polar surface area (TPSA) is 9.72 Å². The minimum Gasteiger partial charge on any atom is -0.310 e. The van der Waals surface area contributed by atoms with Gasteiger partial charge < -0.3 is 14.7 Å². The Morgan fingerprint density at radius 3 is 1.01 bits per heavy atom. The van der Waals surface area contributed by atoms with Gasteiger partial charge >= 0.3 is 0 Å². The van der Waals surface area contributed by atoms with Crippen LogP contribution in [0.2, 0.25) is 0 Å². The van der Waals surface area contributed by atoms with Gasteiger partial charge in [0.2, 0.25) is 0 Å². The van der Waals surface area contributed by atoms with Crippen molar-refractivity contribution >= 4 is 72.7 Å². The molecule has 0 spiro atoms. The predicted molar refractivity (Wildman–Crippen MR) is 299 cm³/mol. The van der Waals surface area contributed by atoms with Gasteiger partial charge in [-0.1, -0.05) is 198 Å². The summed E-state index contributed by atoms with van der Waals surface area (Å²) < 4.78 is 0. The largest absolute Gasteiger partial charge is 0.310 e. The van der Waals surface area contributed by atoms with Crippen molar-refractivity contribution in [2.24, 2.45) is 0 Å². The van der Waals surface area contributed by atoms with Gasteiger partial charge in [-0.2, -0.15) is 0 Å². The van der Waals surface area contributed by atoms with Crippen LogP contribution in [-0.2, 0) is 27.1 Å². The maximum absolute atomic E-state index is 2.70. The summed E-state index contributed by atoms with van der Waals surface area (Å²) in [5.74, 6) is 0. The van der Waals surface area contributed by atoms with E-state index in [2.05, 4.69) is 274 Å². The van der Waals surface area contributed by atoms with E-state index >= 15 is 0 Å². The van der Waals surface area contributed by atoms with Gasteiger partial charge in [-0.15, -0.1) is 0 Å². The van der Waals surface area contributed by atoms with Crippen LogP contribution in [0.4, 0.5) is 51.2 Å². The molecule has 0 atom stereocenters. The Balaban J connectivity index is 1.16. The zero-order valence-electron chi connectivity index (χ0n) is 43.1. The smallest absolute Gasteiger partial charge is 0.0545 e. The molecule has 348 valence electrons. The van der Waals surface area contributed by atoms with Gasteiger partial charge in [-0.3, -0.25) is 0 Å². The van der Waals surface area contributed by atoms with Gasteiger partial charge in [-0.25, -0.2) is 0 Å². The average Bonchev–Trinajstić information content (AvgIpc) is 3.33. The lowest BCUT2D eigenvalue weighted by molar-refractivity contribution is 0.567. The molecule has 0 aliphatic carbocycles. The van der Waals surface area contributed by atoms with E-state index in [9.17, 15) is 0 Å². The van der Waals surface area contributed by atoms with Crippen LogP contribution in [0, 0.1) is 0 Å². The molecule has 0 radical (unpaired) electrons. The summed E-state index contributed by atoms with van der Waals surface area (Å²) in [5.41, 5.74) is 20.8. The monoisotopic (exact) mass is 912 g/mol. The van der Waals surface area contributed by atoms with Crippen LogP contribution in [-0.4, -0.2) is 0 Å². The lowest BCUT2D eigenvalue weighted by Gasteiger charge is -2.55. The van der Waals surface area contributed by atoms with Gasteiger partial charge in [0.25, 0.3) is 0 Å². The highest BCUT2D eigenvalue weighted by Crippen LogP contribution is 2.67. The minimum absolute atomic E-state index is 0.0340. The lowest BCUT2D eigenvalue weighted by Crippen LogP contribution is -2.44. The molecule has 0 saturated carbocycles. The number of fused-ring (bicyclic) bond motifs is 2. The highest BCUT2D eigenvalue weighted by Gasteiger charge is 2.52. The van der Waals surface area contributed by atoms with E-state index in [0.29, 0.717) is 0 Å². The normalized spacial score (nSPS) is 15.7. The zero-order chi connectivity index (χ0) is 48.9. The first kappa shape index (κ1) is 44.1. The summed E-state index contributed by atoms with van der Waals surface area (Å²) in [5, 5.41) is 4.91. The third-order valence-corrected chi connectivity index (χ3v) is 16.5. The first-order valence-electron chi connectivity index (χ1n) is 25.4. The van der Waals surface area contributed by atoms with Crippen molar-refractivity contribution in [3.05, 3.63) is 220 Å². The summed E-state index contributed by atoms with van der Waals surface area (Å²) in [6.45, 7) is 28.6. The first-order chi connectivity index (χ1) is 33.3. The van der Waals surface area contributed by atoms with Gasteiger partial charge in [-0.05, 0) is 127 Å². The second kappa shape index (κ2) is 15.0. The fourth-order valence-electron chi connectivity index (χ4n) is 12.3. The molecule has 70 heavy (non-hydrogen) atoms. The van der Waals surface area contributed by atoms with E-state index in [1.165, 1.54) is 106 Å². The molecular formula is C67H65N3. The highest BCUT2D eigenvalue weighted by molar-refractivity contribution is 6.04. The van der Waals surface area contributed by atoms with Gasteiger partial charge in [0.1, 0.15) is 0 Å². The number of hydrogen-bond acceptors (Lipinski definition) is 3. The molecular weight excluding hydrogens is 847 g/mol. The van der Waals surface area contributed by atoms with E-state index < -0.39 is 5.41 Å². The zero-order valence-corrected chi connectivity index (χ0v) is 43.1. The molecule has 3 aliphatic heterocycles. The molecule has 3 heterocycles. The van der Waals surface area contributed by atoms with Crippen molar-refractivity contribution in [1.82, 2.24) is 0 Å². The summed E-state index contributed by atoms with van der Waals surface area (Å²) >= 11 is 0. The van der Waals surface area contributed by atoms with E-state index in [0.717, 1.165) is 11.4 Å². The molecule has 0 amide bonds. The number of para-hydroxylation sites is 1. The van der Waals surface area contributed by atoms with Crippen LogP contribution in [0.3, 0.4) is 0 Å². The summed E-state index contributed by atoms with van der Waals surface area (Å²) in [6.07, 6.45) is 0. The third-order valence-electron chi connectivity index (χ3n) is 16.5. The van der Waals surface area contributed by atoms with Gasteiger partial charge in [0, 0.05) is 49.8 Å². The Bertz CT molecular complexity index is 3350. The maximum atomic E-state index is 2.70. The van der Waals surface area contributed by atoms with Crippen LogP contribution in [0.5, 0.6) is 0 Å². The Morgan fingerprint density at radius 1 is 0.329 bits per heavy atom. The van der Waals surface area contributed by atoms with Crippen molar-refractivity contribution < 1.29 is 0 Å². The maximum Gasteiger partial charge on any atom is 0.0545 e. The molecule has 12 rings (SSSR count). The number of nitrogens with zero attached hydrogens (tertiary/aromatic N) is 3. The average molecular weight is 912 g/mol. The molecule has 0 N–H and O–H groups in total. The molecule has 0 fully saturated rings. The molecule has 3 nitrogen and oxygen atoms in total. The Labute approximate surface area is 416 Å². The van der Waals surface area contributed by atoms with Crippen molar-refractivity contribution in [2.45, 2.75) is 110 Å². The number of anilines is 9. The van der Waals surface area contributed by atoms with Crippen molar-refractivity contribution in [3.8, 4) is 0 Å². The number of benzene rings is 9. The number of rotatable bonds is 6. The van der Waals surface area contributed by atoms with Crippen LogP contribution in [0.15, 0.2) is 176 Å². The third kappa shape index (κ3) is 6.39. The standard InChI is InChI=1S/C67H65N3/c1-63(2,3)44-30-34-46(35-31-44)68(58-28-17-22-42-20-13-15-24-50(42)58)48-38-54-61-56(40-48)67(11,12)57-41-49(39-55-62(57)70(61)60-52(65(54,7)8)26-19-27-53(60)66(55,9)10)69(47-36-32-45(33-37-47)64(4,5)6)59-29-18-23-43-21-14-16-25-51(43)59/h13-41H,1-12H3. The van der Waals surface area contributed by atoms with E-state index in [4.69, 9.17) is 0 Å². The minimum atomic E-state index is -0.409. The van der Waals surface area contributed by atoms with Crippen molar-refractivity contribution in [1.29, 1.82) is 0 Å². The molecule has 0 bridgehead atoms. The molecule has 0 unspecified atom stereocenters. The first-order valence-corrected chi connectivity index (χ1v) is 25.4. The molecule has 0 saturated heterocycles. The molecule has 0 aromatic heterocycles. The van der Waals surface area contributed by atoms with Crippen LogP contribution in [0.1, 0.15) is 128 Å². The Kier molecular flexibility index (Phi) is 9.43. The highest BCUT2D eigenvalue weighted by atomic mass is 15.2. The fourth-order valence-corrected chi connectivity index (χ4v) is 12.3. The van der Waals surface area contributed by atoms with Gasteiger partial charge in [0.05, 0.1) is 28.4 Å². The molecule has 3 aliphatic rings. The Hall–Kier alpha value is -7.10. The molecule has 9 aromatic carbocycles. The van der Waals surface area contributed by atoms with Crippen molar-refractivity contribution in [2.75, 3.05) is 14.7 Å². The van der Waals surface area contributed by atoms with Crippen LogP contribution < -0.4 is 14.7 Å². The van der Waals surface area contributed by atoms with Crippen molar-refractivity contribution in [3.63, 3.8) is 0 Å². The quantitative estimate of drug-likeness (QED) is 0.165. The van der Waals surface area contributed by atoms with Crippen LogP contribution in [0.25, 0.3) is 21.5 Å². The fraction of sp³-hybridized carbons (Fsp3) is 0.254. The molecule has 3 heteroatoms. The summed E-state index contributed by atoms with van der Waals surface area (Å²) in [7, 11) is 0. The Morgan fingerprint density at radius 2 is 0.643 bits per heavy atom. The summed E-state index contributed by atoms with van der Waals surface area (Å²) in [6, 6.07) is 67.1. The number of hydrogen-bond donors (Lipinski definition) is 0. The SMILES string of the molecule is CC(C)(C)c1ccc(N(c2cc3c4c(c2)C(C)(C)c2cc(N(c5ccc(C(C)(C)C)cc5)c5cccc6ccccc56)cc5c2N4c2c(cccc2C5(C)C)C3(C)C)c2cccc3ccccc23)cc1. The second-order valence-corrected chi connectivity index (χ2v) is 24.0. The lowest BCUT2D eigenvalue weighted by atomic mass is 9.60. The van der Waals surface area contributed by atoms with E-state index in [-0.39, 0.29) is 21.7 Å². The van der Waals surface area contributed by atoms with Crippen LogP contribution >= 0.6 is 0 Å². The van der Waals surface area contributed by atoms with E-state index in [1.54, 1.807) is 0 Å². The van der Waals surface area contributed by atoms with Gasteiger partial charge in [0.15, 0.2) is 0 Å². The predicted octanol–water partition coefficient (Wildman–Crippen LogP) is 18.9. The molecule has 9 aromatic rings. The summed E-state index contributed by atoms with van der Waals surface area (Å²) in [4.78, 5) is 7.77. The van der Waals surface area contributed by atoms with E-state index in [1.807, 2.05) is 0 Å².